The SMILES string of the molecule is Cc1ccc2ccccc2c1S(=O)(=O)N(Cc1ccc(C(F)(F)F)o1)Cc1ccc(-c2cccc(C(C)(C)C(=O)O)c2)cc1C(N)=O. The largest absolute Gasteiger partial charge is 0.481 e. The first-order chi connectivity index (χ1) is 22.0. The molecule has 0 spiro atoms. The van der Waals surface area contributed by atoms with Gasteiger partial charge >= 0.3 is 12.1 Å². The Morgan fingerprint density at radius 2 is 1.57 bits per heavy atom. The maximum Gasteiger partial charge on any atom is 0.449 e. The lowest BCUT2D eigenvalue weighted by Crippen LogP contribution is -2.32. The average Bonchev–Trinajstić information content (AvgIpc) is 3.50. The average molecular weight is 665 g/mol. The lowest BCUT2D eigenvalue weighted by atomic mass is 9.83. The highest BCUT2D eigenvalue weighted by Crippen LogP contribution is 2.35. The Kier molecular flexibility index (Phi) is 8.78. The fourth-order valence-corrected chi connectivity index (χ4v) is 7.17. The van der Waals surface area contributed by atoms with Gasteiger partial charge in [-0.1, -0.05) is 72.8 Å². The number of carboxylic acids is 1. The Hall–Kier alpha value is -4.94. The molecule has 0 aliphatic rings. The van der Waals surface area contributed by atoms with Crippen molar-refractivity contribution < 1.29 is 40.7 Å². The summed E-state index contributed by atoms with van der Waals surface area (Å²) in [6.45, 7) is 3.74. The number of hydrogen-bond acceptors (Lipinski definition) is 5. The Morgan fingerprint density at radius 1 is 0.872 bits per heavy atom. The van der Waals surface area contributed by atoms with Crippen molar-refractivity contribution in [2.24, 2.45) is 5.73 Å². The van der Waals surface area contributed by atoms with E-state index < -0.39 is 52.3 Å². The number of carbonyl (C=O) groups is 2. The smallest absolute Gasteiger partial charge is 0.449 e. The number of nitrogens with zero attached hydrogens (tertiary/aromatic N) is 1. The fourth-order valence-electron chi connectivity index (χ4n) is 5.36. The zero-order valence-electron chi connectivity index (χ0n) is 25.6. The molecule has 0 saturated carbocycles. The number of carbonyl (C=O) groups excluding carboxylic acids is 1. The molecule has 3 N–H and O–H groups in total. The second kappa shape index (κ2) is 12.3. The number of furan rings is 1. The Morgan fingerprint density at radius 3 is 2.23 bits per heavy atom. The Labute approximate surface area is 269 Å². The van der Waals surface area contributed by atoms with Crippen molar-refractivity contribution in [2.45, 2.75) is 50.3 Å². The molecule has 4 aromatic carbocycles. The molecule has 244 valence electrons. The second-order valence-electron chi connectivity index (χ2n) is 11.7. The third-order valence-electron chi connectivity index (χ3n) is 8.12. The van der Waals surface area contributed by atoms with Crippen LogP contribution >= 0.6 is 0 Å². The highest BCUT2D eigenvalue weighted by atomic mass is 32.2. The van der Waals surface area contributed by atoms with Crippen LogP contribution in [0.15, 0.2) is 100 Å². The van der Waals surface area contributed by atoms with Crippen LogP contribution in [0.5, 0.6) is 0 Å². The second-order valence-corrected chi connectivity index (χ2v) is 13.6. The maximum atomic E-state index is 14.4. The summed E-state index contributed by atoms with van der Waals surface area (Å²) in [6.07, 6.45) is -4.78. The van der Waals surface area contributed by atoms with Crippen molar-refractivity contribution in [3.05, 3.63) is 125 Å². The molecule has 1 amide bonds. The van der Waals surface area contributed by atoms with Gasteiger partial charge in [-0.3, -0.25) is 9.59 Å². The van der Waals surface area contributed by atoms with Crippen LogP contribution in [0, 0.1) is 6.92 Å². The summed E-state index contributed by atoms with van der Waals surface area (Å²) >= 11 is 0. The maximum absolute atomic E-state index is 14.4. The third-order valence-corrected chi connectivity index (χ3v) is 10.1. The number of nitrogens with two attached hydrogens (primary N) is 1. The fraction of sp³-hybridized carbons (Fsp3) is 0.200. The normalized spacial score (nSPS) is 12.5. The minimum Gasteiger partial charge on any atom is -0.481 e. The van der Waals surface area contributed by atoms with Crippen LogP contribution in [0.25, 0.3) is 21.9 Å². The first kappa shape index (κ1) is 33.4. The van der Waals surface area contributed by atoms with Gasteiger partial charge in [-0.15, -0.1) is 0 Å². The molecule has 0 aliphatic carbocycles. The van der Waals surface area contributed by atoms with Gasteiger partial charge < -0.3 is 15.3 Å². The van der Waals surface area contributed by atoms with Crippen LogP contribution in [0.4, 0.5) is 13.2 Å². The summed E-state index contributed by atoms with van der Waals surface area (Å²) in [4.78, 5) is 24.6. The van der Waals surface area contributed by atoms with Crippen LogP contribution in [0.1, 0.15) is 52.4 Å². The lowest BCUT2D eigenvalue weighted by Gasteiger charge is -2.24. The van der Waals surface area contributed by atoms with Crippen LogP contribution in [-0.4, -0.2) is 29.7 Å². The van der Waals surface area contributed by atoms with Crippen LogP contribution in [-0.2, 0) is 39.5 Å². The van der Waals surface area contributed by atoms with Gasteiger partial charge in [-0.2, -0.15) is 17.5 Å². The summed E-state index contributed by atoms with van der Waals surface area (Å²) in [5.74, 6) is -3.42. The summed E-state index contributed by atoms with van der Waals surface area (Å²) in [6, 6.07) is 23.5. The molecule has 5 aromatic rings. The predicted molar refractivity (Wildman–Crippen MR) is 170 cm³/mol. The molecular weight excluding hydrogens is 633 g/mol. The van der Waals surface area contributed by atoms with E-state index in [9.17, 15) is 36.3 Å². The Balaban J connectivity index is 1.61. The van der Waals surface area contributed by atoms with Crippen molar-refractivity contribution in [3.8, 4) is 11.1 Å². The lowest BCUT2D eigenvalue weighted by molar-refractivity contribution is -0.153. The highest BCUT2D eigenvalue weighted by molar-refractivity contribution is 7.89. The van der Waals surface area contributed by atoms with E-state index in [2.05, 4.69) is 0 Å². The topological polar surface area (TPSA) is 131 Å². The van der Waals surface area contributed by atoms with Crippen LogP contribution in [0.2, 0.25) is 0 Å². The van der Waals surface area contributed by atoms with E-state index in [1.165, 1.54) is 12.1 Å². The molecule has 1 aromatic heterocycles. The number of carboxylic acid groups (broad SMARTS) is 1. The van der Waals surface area contributed by atoms with Gasteiger partial charge in [0.15, 0.2) is 0 Å². The molecule has 0 aliphatic heterocycles. The summed E-state index contributed by atoms with van der Waals surface area (Å²) in [7, 11) is -4.43. The number of halogens is 3. The molecular formula is C35H31F3N2O6S. The number of benzene rings is 4. The van der Waals surface area contributed by atoms with Gasteiger partial charge in [0.2, 0.25) is 21.7 Å². The molecule has 0 atom stereocenters. The van der Waals surface area contributed by atoms with Gasteiger partial charge in [0.25, 0.3) is 0 Å². The molecule has 0 radical (unpaired) electrons. The number of aryl methyl sites for hydroxylation is 1. The molecule has 5 rings (SSSR count). The quantitative estimate of drug-likeness (QED) is 0.161. The minimum atomic E-state index is -4.78. The number of sulfonamides is 1. The molecule has 47 heavy (non-hydrogen) atoms. The van der Waals surface area contributed by atoms with E-state index in [1.54, 1.807) is 87.5 Å². The molecule has 0 saturated heterocycles. The van der Waals surface area contributed by atoms with Crippen LogP contribution < -0.4 is 5.73 Å². The van der Waals surface area contributed by atoms with Crippen molar-refractivity contribution in [1.82, 2.24) is 4.31 Å². The molecule has 0 bridgehead atoms. The summed E-state index contributed by atoms with van der Waals surface area (Å²) in [5.41, 5.74) is 6.80. The number of amides is 1. The third kappa shape index (κ3) is 6.65. The van der Waals surface area contributed by atoms with E-state index >= 15 is 0 Å². The first-order valence-corrected chi connectivity index (χ1v) is 15.9. The predicted octanol–water partition coefficient (Wildman–Crippen LogP) is 7.28. The van der Waals surface area contributed by atoms with E-state index in [0.717, 1.165) is 16.4 Å². The van der Waals surface area contributed by atoms with E-state index in [0.29, 0.717) is 33.0 Å². The number of hydrogen-bond donors (Lipinski definition) is 2. The highest BCUT2D eigenvalue weighted by Gasteiger charge is 2.36. The van der Waals surface area contributed by atoms with E-state index in [-0.39, 0.29) is 21.8 Å². The standard InChI is InChI=1S/C35H31F3N2O6S/c1-21-11-12-22-7-4-5-10-28(22)31(21)47(44,45)40(20-27-15-16-30(46-27)35(36,37)38)19-25-14-13-24(18-29(25)32(39)41)23-8-6-9-26(17-23)34(2,3)33(42)43/h4-18H,19-20H2,1-3H3,(H2,39,41)(H,42,43). The van der Waals surface area contributed by atoms with Crippen LogP contribution in [0.3, 0.4) is 0 Å². The van der Waals surface area contributed by atoms with Crippen molar-refractivity contribution in [2.75, 3.05) is 0 Å². The number of aliphatic carboxylic acids is 1. The van der Waals surface area contributed by atoms with Gasteiger partial charge in [0, 0.05) is 17.5 Å². The number of primary amides is 1. The zero-order valence-corrected chi connectivity index (χ0v) is 26.4. The molecule has 1 heterocycles. The van der Waals surface area contributed by atoms with Gasteiger partial charge in [-0.25, -0.2) is 8.42 Å². The molecule has 12 heteroatoms. The molecule has 0 unspecified atom stereocenters. The molecule has 8 nitrogen and oxygen atoms in total. The monoisotopic (exact) mass is 664 g/mol. The number of fused-ring (bicyclic) bond motifs is 1. The minimum absolute atomic E-state index is 0.0179. The van der Waals surface area contributed by atoms with Crippen molar-refractivity contribution in [1.29, 1.82) is 0 Å². The van der Waals surface area contributed by atoms with E-state index in [1.807, 2.05) is 0 Å². The number of alkyl halides is 3. The Bertz CT molecular complexity index is 2120. The van der Waals surface area contributed by atoms with E-state index in [4.69, 9.17) is 10.2 Å². The van der Waals surface area contributed by atoms with Crippen molar-refractivity contribution in [3.63, 3.8) is 0 Å². The summed E-state index contributed by atoms with van der Waals surface area (Å²) in [5, 5.41) is 10.7. The number of rotatable bonds is 10. The van der Waals surface area contributed by atoms with Crippen molar-refractivity contribution >= 4 is 32.7 Å². The van der Waals surface area contributed by atoms with Gasteiger partial charge in [0.05, 0.1) is 16.9 Å². The van der Waals surface area contributed by atoms with Gasteiger partial charge in [0.1, 0.15) is 5.76 Å². The van der Waals surface area contributed by atoms with Gasteiger partial charge in [-0.05, 0) is 72.2 Å². The summed E-state index contributed by atoms with van der Waals surface area (Å²) < 4.78 is 74.9. The zero-order chi connectivity index (χ0) is 34.3. The first-order valence-electron chi connectivity index (χ1n) is 14.4. The molecule has 0 fully saturated rings.